The van der Waals surface area contributed by atoms with Crippen LogP contribution in [0.1, 0.15) is 17.0 Å². The van der Waals surface area contributed by atoms with Crippen LogP contribution in [0.25, 0.3) is 11.1 Å². The number of carboxylic acid groups (broad SMARTS) is 1. The molecule has 4 rings (SSSR count). The quantitative estimate of drug-likeness (QED) is 0.297. The lowest BCUT2D eigenvalue weighted by Gasteiger charge is -2.27. The number of aromatic nitrogens is 1. The van der Waals surface area contributed by atoms with Gasteiger partial charge in [-0.15, -0.1) is 0 Å². The molecule has 0 aliphatic heterocycles. The summed E-state index contributed by atoms with van der Waals surface area (Å²) < 4.78 is 35.3. The van der Waals surface area contributed by atoms with Crippen molar-refractivity contribution in [2.75, 3.05) is 12.4 Å². The smallest absolute Gasteiger partial charge is 0.405 e. The van der Waals surface area contributed by atoms with Crippen molar-refractivity contribution >= 4 is 17.7 Å². The molecule has 2 amide bonds. The number of methoxy groups -OCH3 is 1. The molecule has 4 aromatic rings. The first kappa shape index (κ1) is 25.3. The lowest BCUT2D eigenvalue weighted by Crippen LogP contribution is -2.47. The van der Waals surface area contributed by atoms with Gasteiger partial charge in [-0.25, -0.2) is 13.6 Å². The molecule has 0 aliphatic carbocycles. The van der Waals surface area contributed by atoms with Crippen LogP contribution < -0.4 is 15.4 Å². The third-order valence-corrected chi connectivity index (χ3v) is 5.80. The minimum Gasteiger partial charge on any atom is -0.494 e. The molecule has 0 unspecified atom stereocenters. The van der Waals surface area contributed by atoms with Gasteiger partial charge in [-0.3, -0.25) is 9.78 Å². The number of anilines is 1. The van der Waals surface area contributed by atoms with Crippen LogP contribution in [0.4, 0.5) is 19.3 Å². The molecule has 9 heteroatoms. The number of nitrogens with zero attached hydrogens (tertiary/aromatic N) is 1. The minimum absolute atomic E-state index is 0.156. The van der Waals surface area contributed by atoms with Gasteiger partial charge in [0.1, 0.15) is 23.4 Å². The summed E-state index contributed by atoms with van der Waals surface area (Å²) in [6.45, 7) is 0. The molecular weight excluding hydrogens is 480 g/mol. The first-order chi connectivity index (χ1) is 17.9. The van der Waals surface area contributed by atoms with Gasteiger partial charge in [0.2, 0.25) is 5.91 Å². The average molecular weight is 504 g/mol. The molecule has 0 saturated heterocycles. The summed E-state index contributed by atoms with van der Waals surface area (Å²) in [5, 5.41) is 14.3. The van der Waals surface area contributed by atoms with Crippen molar-refractivity contribution < 1.29 is 28.2 Å². The minimum atomic E-state index is -1.42. The predicted octanol–water partition coefficient (Wildman–Crippen LogP) is 5.44. The summed E-state index contributed by atoms with van der Waals surface area (Å²) in [5.41, 5.74) is 1.00. The molecule has 1 heterocycles. The van der Waals surface area contributed by atoms with Crippen LogP contribution in [-0.2, 0) is 4.79 Å². The monoisotopic (exact) mass is 503 g/mol. The van der Waals surface area contributed by atoms with Gasteiger partial charge in [-0.1, -0.05) is 60.7 Å². The van der Waals surface area contributed by atoms with Gasteiger partial charge in [-0.05, 0) is 29.3 Å². The normalized spacial score (nSPS) is 11.6. The maximum Gasteiger partial charge on any atom is 0.405 e. The van der Waals surface area contributed by atoms with Crippen LogP contribution in [0, 0.1) is 11.6 Å². The Hall–Kier alpha value is -4.79. The molecule has 0 fully saturated rings. The number of rotatable bonds is 8. The number of benzene rings is 3. The number of hydrogen-bond acceptors (Lipinski definition) is 4. The molecule has 37 heavy (non-hydrogen) atoms. The molecule has 0 bridgehead atoms. The van der Waals surface area contributed by atoms with Crippen LogP contribution in [-0.4, -0.2) is 35.2 Å². The maximum atomic E-state index is 15.1. The Kier molecular flexibility index (Phi) is 7.73. The Morgan fingerprint density at radius 3 is 2.00 bits per heavy atom. The van der Waals surface area contributed by atoms with E-state index in [1.807, 2.05) is 0 Å². The number of hydrogen-bond donors (Lipinski definition) is 3. The second kappa shape index (κ2) is 11.3. The number of carbonyl (C=O) groups excluding carboxylic acids is 1. The van der Waals surface area contributed by atoms with Crippen molar-refractivity contribution in [2.24, 2.45) is 0 Å². The zero-order valence-corrected chi connectivity index (χ0v) is 19.7. The standard InChI is InChI=1S/C28H23F2N3O4/c1-37-23-16-31-13-12-20(23)25-21(29)14-19(15-22(25)30)32-27(34)26(33-28(35)36)24(17-8-4-2-5-9-17)18-10-6-3-7-11-18/h2-16,24,26,33H,1H3,(H,32,34)(H,35,36)/t26-/m0/s1. The van der Waals surface area contributed by atoms with Crippen molar-refractivity contribution in [1.29, 1.82) is 0 Å². The van der Waals surface area contributed by atoms with Gasteiger partial charge in [-0.2, -0.15) is 0 Å². The van der Waals surface area contributed by atoms with E-state index in [9.17, 15) is 14.7 Å². The topological polar surface area (TPSA) is 101 Å². The number of carbonyl (C=O) groups is 2. The van der Waals surface area contributed by atoms with Crippen molar-refractivity contribution in [3.8, 4) is 16.9 Å². The summed E-state index contributed by atoms with van der Waals surface area (Å²) in [6, 6.07) is 19.8. The zero-order chi connectivity index (χ0) is 26.4. The fraction of sp³-hybridized carbons (Fsp3) is 0.107. The molecule has 0 aliphatic rings. The van der Waals surface area contributed by atoms with Crippen molar-refractivity contribution in [2.45, 2.75) is 12.0 Å². The van der Waals surface area contributed by atoms with E-state index in [-0.39, 0.29) is 22.6 Å². The zero-order valence-electron chi connectivity index (χ0n) is 19.7. The third kappa shape index (κ3) is 5.72. The molecule has 0 saturated carbocycles. The first-order valence-corrected chi connectivity index (χ1v) is 11.3. The van der Waals surface area contributed by atoms with Crippen molar-refractivity contribution in [3.05, 3.63) is 114 Å². The molecule has 0 radical (unpaired) electrons. The predicted molar refractivity (Wildman–Crippen MR) is 134 cm³/mol. The number of ether oxygens (including phenoxy) is 1. The molecule has 1 atom stereocenters. The summed E-state index contributed by atoms with van der Waals surface area (Å²) in [5.74, 6) is -3.20. The van der Waals surface area contributed by atoms with Gasteiger partial charge >= 0.3 is 6.09 Å². The highest BCUT2D eigenvalue weighted by atomic mass is 19.1. The lowest BCUT2D eigenvalue weighted by atomic mass is 9.84. The van der Waals surface area contributed by atoms with Crippen molar-refractivity contribution in [3.63, 3.8) is 0 Å². The molecule has 0 spiro atoms. The van der Waals surface area contributed by atoms with Crippen molar-refractivity contribution in [1.82, 2.24) is 10.3 Å². The summed E-state index contributed by atoms with van der Waals surface area (Å²) in [6.07, 6.45) is 1.29. The maximum absolute atomic E-state index is 15.1. The highest BCUT2D eigenvalue weighted by Gasteiger charge is 2.33. The molecule has 3 aromatic carbocycles. The van der Waals surface area contributed by atoms with Crippen LogP contribution in [0.15, 0.2) is 91.3 Å². The largest absolute Gasteiger partial charge is 0.494 e. The highest BCUT2D eigenvalue weighted by molar-refractivity contribution is 5.98. The van der Waals surface area contributed by atoms with Gasteiger partial charge in [0, 0.05) is 23.4 Å². The summed E-state index contributed by atoms with van der Waals surface area (Å²) in [7, 11) is 1.36. The third-order valence-electron chi connectivity index (χ3n) is 5.80. The summed E-state index contributed by atoms with van der Waals surface area (Å²) in [4.78, 5) is 29.0. The molecule has 1 aromatic heterocycles. The lowest BCUT2D eigenvalue weighted by molar-refractivity contribution is -0.118. The fourth-order valence-corrected chi connectivity index (χ4v) is 4.20. The van der Waals surface area contributed by atoms with E-state index in [4.69, 9.17) is 4.74 Å². The van der Waals surface area contributed by atoms with E-state index < -0.39 is 35.6 Å². The van der Waals surface area contributed by atoms with Gasteiger partial charge < -0.3 is 20.5 Å². The van der Waals surface area contributed by atoms with Crippen LogP contribution in [0.3, 0.4) is 0 Å². The Balaban J connectivity index is 1.70. The van der Waals surface area contributed by atoms with Gasteiger partial charge in [0.25, 0.3) is 0 Å². The van der Waals surface area contributed by atoms with E-state index in [1.165, 1.54) is 25.6 Å². The van der Waals surface area contributed by atoms with E-state index in [0.29, 0.717) is 11.1 Å². The number of nitrogens with one attached hydrogen (secondary N) is 2. The molecule has 7 nitrogen and oxygen atoms in total. The van der Waals surface area contributed by atoms with E-state index in [0.717, 1.165) is 12.1 Å². The second-order valence-corrected chi connectivity index (χ2v) is 8.11. The fourth-order valence-electron chi connectivity index (χ4n) is 4.20. The Morgan fingerprint density at radius 2 is 1.49 bits per heavy atom. The number of pyridine rings is 1. The summed E-state index contributed by atoms with van der Waals surface area (Å²) >= 11 is 0. The number of amides is 2. The highest BCUT2D eigenvalue weighted by Crippen LogP contribution is 2.35. The van der Waals surface area contributed by atoms with Crippen LogP contribution >= 0.6 is 0 Å². The average Bonchev–Trinajstić information content (AvgIpc) is 2.89. The molecule has 3 N–H and O–H groups in total. The Morgan fingerprint density at radius 1 is 0.919 bits per heavy atom. The van der Waals surface area contributed by atoms with Gasteiger partial charge in [0.15, 0.2) is 0 Å². The molecular formula is C28H23F2N3O4. The van der Waals surface area contributed by atoms with Gasteiger partial charge in [0.05, 0.1) is 18.9 Å². The SMILES string of the molecule is COc1cnccc1-c1c(F)cc(NC(=O)[C@@H](NC(=O)O)C(c2ccccc2)c2ccccc2)cc1F. The van der Waals surface area contributed by atoms with E-state index in [1.54, 1.807) is 60.7 Å². The molecule has 188 valence electrons. The Labute approximate surface area is 211 Å². The Bertz CT molecular complexity index is 1340. The van der Waals surface area contributed by atoms with E-state index >= 15 is 8.78 Å². The van der Waals surface area contributed by atoms with E-state index in [2.05, 4.69) is 15.6 Å². The second-order valence-electron chi connectivity index (χ2n) is 8.11. The first-order valence-electron chi connectivity index (χ1n) is 11.3. The van der Waals surface area contributed by atoms with Crippen LogP contribution in [0.5, 0.6) is 5.75 Å². The number of halogens is 2. The van der Waals surface area contributed by atoms with Crippen LogP contribution in [0.2, 0.25) is 0 Å².